The molecule has 0 aromatic rings. The topological polar surface area (TPSA) is 18.5 Å². The van der Waals surface area contributed by atoms with Crippen molar-refractivity contribution in [2.45, 2.75) is 84.3 Å². The van der Waals surface area contributed by atoms with Gasteiger partial charge >= 0.3 is 0 Å². The van der Waals surface area contributed by atoms with Gasteiger partial charge in [-0.15, -0.1) is 0 Å². The van der Waals surface area contributed by atoms with Gasteiger partial charge in [-0.05, 0) is 19.3 Å². The van der Waals surface area contributed by atoms with Crippen molar-refractivity contribution in [1.82, 2.24) is 0 Å². The van der Waals surface area contributed by atoms with Crippen LogP contribution in [0.2, 0.25) is 0 Å². The minimum absolute atomic E-state index is 0.0869. The summed E-state index contributed by atoms with van der Waals surface area (Å²) in [6.07, 6.45) is 13.3. The van der Waals surface area contributed by atoms with Gasteiger partial charge in [-0.1, -0.05) is 58.8 Å². The molecule has 0 spiro atoms. The third-order valence-electron chi connectivity index (χ3n) is 3.94. The molecule has 0 N–H and O–H groups in total. The van der Waals surface area contributed by atoms with E-state index < -0.39 is 0 Å². The minimum atomic E-state index is 0.0869. The number of hydrogen-bond donors (Lipinski definition) is 0. The molecule has 1 rings (SSSR count). The van der Waals surface area contributed by atoms with Gasteiger partial charge in [0.25, 0.3) is 0 Å². The molecule has 0 bridgehead atoms. The molecule has 0 aromatic heterocycles. The van der Waals surface area contributed by atoms with Crippen LogP contribution in [0.15, 0.2) is 0 Å². The van der Waals surface area contributed by atoms with Gasteiger partial charge in [0.1, 0.15) is 0 Å². The maximum absolute atomic E-state index is 5.72. The third kappa shape index (κ3) is 6.75. The van der Waals surface area contributed by atoms with Crippen molar-refractivity contribution in [2.24, 2.45) is 5.92 Å². The Morgan fingerprint density at radius 2 is 1.50 bits per heavy atom. The molecular weight excluding hydrogens is 224 g/mol. The predicted molar refractivity (Wildman–Crippen MR) is 76.7 cm³/mol. The quantitative estimate of drug-likeness (QED) is 0.517. The first kappa shape index (κ1) is 16.0. The molecule has 0 amide bonds. The maximum atomic E-state index is 5.72. The summed E-state index contributed by atoms with van der Waals surface area (Å²) in [5.41, 5.74) is 0. The summed E-state index contributed by atoms with van der Waals surface area (Å²) >= 11 is 0. The molecule has 2 heteroatoms. The van der Waals surface area contributed by atoms with E-state index in [0.717, 1.165) is 19.6 Å². The average Bonchev–Trinajstić information content (AvgIpc) is 2.43. The molecule has 1 heterocycles. The zero-order valence-corrected chi connectivity index (χ0v) is 12.5. The smallest absolute Gasteiger partial charge is 0.160 e. The second kappa shape index (κ2) is 10.8. The van der Waals surface area contributed by atoms with E-state index in [-0.39, 0.29) is 6.29 Å². The standard InChI is InChI=1S/C16H32O2/c1-3-5-6-7-8-9-10-12-15(4-2)16-17-13-11-14-18-16/h15-16H,3-14H2,1-2H3. The van der Waals surface area contributed by atoms with Gasteiger partial charge in [0.15, 0.2) is 6.29 Å². The SMILES string of the molecule is CCCCCCCCCC(CC)C1OCCCO1. The van der Waals surface area contributed by atoms with Crippen LogP contribution in [0.4, 0.5) is 0 Å². The van der Waals surface area contributed by atoms with E-state index in [1.807, 2.05) is 0 Å². The largest absolute Gasteiger partial charge is 0.352 e. The first-order valence-corrected chi connectivity index (χ1v) is 8.11. The zero-order valence-electron chi connectivity index (χ0n) is 12.5. The van der Waals surface area contributed by atoms with Crippen LogP contribution in [-0.2, 0) is 9.47 Å². The van der Waals surface area contributed by atoms with Crippen LogP contribution < -0.4 is 0 Å². The highest BCUT2D eigenvalue weighted by molar-refractivity contribution is 4.64. The van der Waals surface area contributed by atoms with Gasteiger partial charge in [0.05, 0.1) is 13.2 Å². The monoisotopic (exact) mass is 256 g/mol. The highest BCUT2D eigenvalue weighted by atomic mass is 16.7. The first-order valence-electron chi connectivity index (χ1n) is 8.11. The summed E-state index contributed by atoms with van der Waals surface area (Å²) in [5, 5.41) is 0. The molecule has 2 nitrogen and oxygen atoms in total. The van der Waals surface area contributed by atoms with Crippen LogP contribution in [0.1, 0.15) is 78.1 Å². The van der Waals surface area contributed by atoms with Crippen molar-refractivity contribution in [3.8, 4) is 0 Å². The first-order chi connectivity index (χ1) is 8.88. The normalized spacial score (nSPS) is 19.0. The van der Waals surface area contributed by atoms with E-state index in [1.54, 1.807) is 0 Å². The van der Waals surface area contributed by atoms with Crippen molar-refractivity contribution in [1.29, 1.82) is 0 Å². The molecule has 0 aliphatic carbocycles. The van der Waals surface area contributed by atoms with Crippen molar-refractivity contribution in [3.63, 3.8) is 0 Å². The van der Waals surface area contributed by atoms with Crippen LogP contribution in [-0.4, -0.2) is 19.5 Å². The second-order valence-electron chi connectivity index (χ2n) is 5.54. The third-order valence-corrected chi connectivity index (χ3v) is 3.94. The van der Waals surface area contributed by atoms with Gasteiger partial charge in [0.2, 0.25) is 0 Å². The number of rotatable bonds is 10. The molecule has 1 unspecified atom stereocenters. The van der Waals surface area contributed by atoms with Crippen molar-refractivity contribution >= 4 is 0 Å². The predicted octanol–water partition coefficient (Wildman–Crippen LogP) is 4.92. The lowest BCUT2D eigenvalue weighted by Gasteiger charge is -2.30. The highest BCUT2D eigenvalue weighted by Gasteiger charge is 2.23. The summed E-state index contributed by atoms with van der Waals surface area (Å²) in [6.45, 7) is 6.31. The highest BCUT2D eigenvalue weighted by Crippen LogP contribution is 2.23. The van der Waals surface area contributed by atoms with E-state index in [0.29, 0.717) is 5.92 Å². The van der Waals surface area contributed by atoms with Gasteiger partial charge in [0, 0.05) is 5.92 Å². The second-order valence-corrected chi connectivity index (χ2v) is 5.54. The molecule has 0 saturated carbocycles. The Hall–Kier alpha value is -0.0800. The molecule has 1 aliphatic heterocycles. The summed E-state index contributed by atoms with van der Waals surface area (Å²) in [7, 11) is 0. The van der Waals surface area contributed by atoms with E-state index >= 15 is 0 Å². The molecule has 1 fully saturated rings. The molecule has 1 saturated heterocycles. The van der Waals surface area contributed by atoms with E-state index in [1.165, 1.54) is 57.8 Å². The van der Waals surface area contributed by atoms with Crippen LogP contribution in [0, 0.1) is 5.92 Å². The lowest BCUT2D eigenvalue weighted by atomic mass is 9.97. The van der Waals surface area contributed by atoms with E-state index in [2.05, 4.69) is 13.8 Å². The Bertz CT molecular complexity index is 176. The number of hydrogen-bond acceptors (Lipinski definition) is 2. The number of ether oxygens (including phenoxy) is 2. The number of unbranched alkanes of at least 4 members (excludes halogenated alkanes) is 6. The zero-order chi connectivity index (χ0) is 13.1. The molecule has 108 valence electrons. The lowest BCUT2D eigenvalue weighted by molar-refractivity contribution is -0.206. The van der Waals surface area contributed by atoms with Crippen molar-refractivity contribution in [3.05, 3.63) is 0 Å². The maximum Gasteiger partial charge on any atom is 0.160 e. The van der Waals surface area contributed by atoms with Gasteiger partial charge < -0.3 is 9.47 Å². The van der Waals surface area contributed by atoms with Crippen molar-refractivity contribution < 1.29 is 9.47 Å². The van der Waals surface area contributed by atoms with E-state index in [4.69, 9.17) is 9.47 Å². The molecule has 1 aliphatic rings. The summed E-state index contributed by atoms with van der Waals surface area (Å²) in [5.74, 6) is 0.612. The van der Waals surface area contributed by atoms with Crippen LogP contribution >= 0.6 is 0 Å². The molecule has 0 aromatic carbocycles. The fourth-order valence-corrected chi connectivity index (χ4v) is 2.67. The van der Waals surface area contributed by atoms with Crippen LogP contribution in [0.3, 0.4) is 0 Å². The van der Waals surface area contributed by atoms with E-state index in [9.17, 15) is 0 Å². The Kier molecular flexibility index (Phi) is 9.59. The summed E-state index contributed by atoms with van der Waals surface area (Å²) in [4.78, 5) is 0. The molecule has 1 atom stereocenters. The fraction of sp³-hybridized carbons (Fsp3) is 1.00. The van der Waals surface area contributed by atoms with Crippen molar-refractivity contribution in [2.75, 3.05) is 13.2 Å². The summed E-state index contributed by atoms with van der Waals surface area (Å²) < 4.78 is 11.4. The Morgan fingerprint density at radius 3 is 2.11 bits per heavy atom. The Labute approximate surface area is 113 Å². The van der Waals surface area contributed by atoms with Gasteiger partial charge in [-0.25, -0.2) is 0 Å². The van der Waals surface area contributed by atoms with Gasteiger partial charge in [-0.3, -0.25) is 0 Å². The molecule has 0 radical (unpaired) electrons. The van der Waals surface area contributed by atoms with Crippen LogP contribution in [0.25, 0.3) is 0 Å². The van der Waals surface area contributed by atoms with Gasteiger partial charge in [-0.2, -0.15) is 0 Å². The minimum Gasteiger partial charge on any atom is -0.352 e. The Balaban J connectivity index is 2.00. The Morgan fingerprint density at radius 1 is 0.889 bits per heavy atom. The fourth-order valence-electron chi connectivity index (χ4n) is 2.67. The van der Waals surface area contributed by atoms with Crippen LogP contribution in [0.5, 0.6) is 0 Å². The molecule has 18 heavy (non-hydrogen) atoms. The lowest BCUT2D eigenvalue weighted by Crippen LogP contribution is -2.32. The molecular formula is C16H32O2. The summed E-state index contributed by atoms with van der Waals surface area (Å²) in [6, 6.07) is 0. The average molecular weight is 256 g/mol.